The van der Waals surface area contributed by atoms with Crippen molar-refractivity contribution in [2.75, 3.05) is 6.54 Å². The minimum Gasteiger partial charge on any atom is -0.391 e. The highest BCUT2D eigenvalue weighted by Gasteiger charge is 2.35. The molecule has 3 nitrogen and oxygen atoms in total. The van der Waals surface area contributed by atoms with Gasteiger partial charge in [-0.3, -0.25) is 4.79 Å². The highest BCUT2D eigenvalue weighted by Crippen LogP contribution is 2.29. The summed E-state index contributed by atoms with van der Waals surface area (Å²) < 4.78 is 0. The van der Waals surface area contributed by atoms with Crippen molar-refractivity contribution in [2.45, 2.75) is 79.4 Å². The van der Waals surface area contributed by atoms with Gasteiger partial charge in [-0.2, -0.15) is 0 Å². The largest absolute Gasteiger partial charge is 0.391 e. The van der Waals surface area contributed by atoms with Gasteiger partial charge in [0, 0.05) is 13.0 Å². The number of carbonyl (C=O) groups excluding carboxylic acids is 1. The third-order valence-corrected chi connectivity index (χ3v) is 5.63. The van der Waals surface area contributed by atoms with E-state index in [0.29, 0.717) is 24.2 Å². The normalized spacial score (nSPS) is 25.0. The van der Waals surface area contributed by atoms with Crippen molar-refractivity contribution in [3.05, 3.63) is 0 Å². The Kier molecular flexibility index (Phi) is 7.19. The van der Waals surface area contributed by atoms with E-state index >= 15 is 0 Å². The van der Waals surface area contributed by atoms with Crippen LogP contribution in [0, 0.1) is 23.7 Å². The zero-order valence-corrected chi connectivity index (χ0v) is 14.8. The minimum atomic E-state index is -0.390. The average Bonchev–Trinajstić information content (AvgIpc) is 2.93. The van der Waals surface area contributed by atoms with Crippen LogP contribution in [0.5, 0.6) is 0 Å². The molecule has 1 rings (SSSR count). The number of aliphatic hydroxyl groups excluding tert-OH is 1. The van der Waals surface area contributed by atoms with E-state index in [4.69, 9.17) is 0 Å². The molecular weight excluding hydrogens is 262 g/mol. The fourth-order valence-electron chi connectivity index (χ4n) is 3.41. The lowest BCUT2D eigenvalue weighted by Gasteiger charge is -2.33. The SMILES string of the molecule is CCC(C)C(C)C(C)CC(=O)N1CCCC1C(O)C(C)C. The van der Waals surface area contributed by atoms with Crippen molar-refractivity contribution in [1.29, 1.82) is 0 Å². The molecule has 1 saturated heterocycles. The Bertz CT molecular complexity index is 329. The van der Waals surface area contributed by atoms with Crippen molar-refractivity contribution in [3.63, 3.8) is 0 Å². The van der Waals surface area contributed by atoms with Crippen LogP contribution in [0.15, 0.2) is 0 Å². The Morgan fingerprint density at radius 2 is 1.81 bits per heavy atom. The third-order valence-electron chi connectivity index (χ3n) is 5.63. The van der Waals surface area contributed by atoms with E-state index in [1.807, 2.05) is 18.7 Å². The summed E-state index contributed by atoms with van der Waals surface area (Å²) in [5, 5.41) is 10.3. The summed E-state index contributed by atoms with van der Waals surface area (Å²) >= 11 is 0. The molecule has 5 unspecified atom stereocenters. The van der Waals surface area contributed by atoms with Crippen LogP contribution in [-0.4, -0.2) is 34.6 Å². The van der Waals surface area contributed by atoms with Crippen molar-refractivity contribution in [3.8, 4) is 0 Å². The Labute approximate surface area is 131 Å². The summed E-state index contributed by atoms with van der Waals surface area (Å²) in [6.07, 6.45) is 3.36. The summed E-state index contributed by atoms with van der Waals surface area (Å²) in [5.74, 6) is 2.07. The molecule has 1 aliphatic heterocycles. The van der Waals surface area contributed by atoms with Crippen LogP contribution < -0.4 is 0 Å². The van der Waals surface area contributed by atoms with Gasteiger partial charge in [-0.25, -0.2) is 0 Å². The fourth-order valence-corrected chi connectivity index (χ4v) is 3.41. The number of hydrogen-bond donors (Lipinski definition) is 1. The van der Waals surface area contributed by atoms with Crippen molar-refractivity contribution >= 4 is 5.91 Å². The molecule has 0 aromatic rings. The number of carbonyl (C=O) groups is 1. The van der Waals surface area contributed by atoms with Gasteiger partial charge in [0.2, 0.25) is 5.91 Å². The number of likely N-dealkylation sites (tertiary alicyclic amines) is 1. The highest BCUT2D eigenvalue weighted by molar-refractivity contribution is 5.77. The zero-order valence-electron chi connectivity index (χ0n) is 14.8. The van der Waals surface area contributed by atoms with Gasteiger partial charge in [0.15, 0.2) is 0 Å². The summed E-state index contributed by atoms with van der Waals surface area (Å²) in [4.78, 5) is 14.6. The molecule has 0 aliphatic carbocycles. The van der Waals surface area contributed by atoms with Crippen molar-refractivity contribution < 1.29 is 9.90 Å². The van der Waals surface area contributed by atoms with Crippen LogP contribution in [0.1, 0.15) is 67.2 Å². The highest BCUT2D eigenvalue weighted by atomic mass is 16.3. The third kappa shape index (κ3) is 4.70. The van der Waals surface area contributed by atoms with Crippen LogP contribution in [0.4, 0.5) is 0 Å². The first-order valence-corrected chi connectivity index (χ1v) is 8.77. The van der Waals surface area contributed by atoms with Gasteiger partial charge >= 0.3 is 0 Å². The maximum atomic E-state index is 12.6. The second-order valence-corrected chi connectivity index (χ2v) is 7.46. The molecular formula is C18H35NO2. The maximum absolute atomic E-state index is 12.6. The van der Waals surface area contributed by atoms with Crippen LogP contribution >= 0.6 is 0 Å². The van der Waals surface area contributed by atoms with Crippen LogP contribution in [0.3, 0.4) is 0 Å². The Hall–Kier alpha value is -0.570. The molecule has 0 spiro atoms. The first-order chi connectivity index (χ1) is 9.79. The van der Waals surface area contributed by atoms with E-state index in [2.05, 4.69) is 27.7 Å². The predicted octanol–water partition coefficient (Wildman–Crippen LogP) is 3.70. The van der Waals surface area contributed by atoms with Gasteiger partial charge in [-0.05, 0) is 36.5 Å². The lowest BCUT2D eigenvalue weighted by atomic mass is 9.81. The number of rotatable bonds is 7. The predicted molar refractivity (Wildman–Crippen MR) is 88.0 cm³/mol. The first-order valence-electron chi connectivity index (χ1n) is 8.77. The lowest BCUT2D eigenvalue weighted by molar-refractivity contribution is -0.136. The summed E-state index contributed by atoms with van der Waals surface area (Å²) in [6, 6.07) is 0.0311. The maximum Gasteiger partial charge on any atom is 0.223 e. The number of nitrogens with zero attached hydrogens (tertiary/aromatic N) is 1. The first kappa shape index (κ1) is 18.5. The number of amides is 1. The molecule has 124 valence electrons. The average molecular weight is 297 g/mol. The van der Waals surface area contributed by atoms with Gasteiger partial charge in [-0.1, -0.05) is 48.0 Å². The van der Waals surface area contributed by atoms with Gasteiger partial charge in [0.25, 0.3) is 0 Å². The molecule has 1 fully saturated rings. The quantitative estimate of drug-likeness (QED) is 0.778. The molecule has 1 amide bonds. The molecule has 0 bridgehead atoms. The van der Waals surface area contributed by atoms with Gasteiger partial charge < -0.3 is 10.0 Å². The van der Waals surface area contributed by atoms with Crippen LogP contribution in [-0.2, 0) is 4.79 Å². The summed E-state index contributed by atoms with van der Waals surface area (Å²) in [7, 11) is 0. The number of aliphatic hydroxyl groups is 1. The molecule has 3 heteroatoms. The molecule has 1 aliphatic rings. The monoisotopic (exact) mass is 297 g/mol. The molecule has 5 atom stereocenters. The van der Waals surface area contributed by atoms with E-state index in [0.717, 1.165) is 25.8 Å². The van der Waals surface area contributed by atoms with Gasteiger partial charge in [0.05, 0.1) is 12.1 Å². The molecule has 0 aromatic heterocycles. The Morgan fingerprint density at radius 3 is 2.33 bits per heavy atom. The van der Waals surface area contributed by atoms with E-state index in [9.17, 15) is 9.90 Å². The molecule has 0 saturated carbocycles. The molecule has 21 heavy (non-hydrogen) atoms. The minimum absolute atomic E-state index is 0.0311. The summed E-state index contributed by atoms with van der Waals surface area (Å²) in [6.45, 7) is 13.8. The second-order valence-electron chi connectivity index (χ2n) is 7.46. The van der Waals surface area contributed by atoms with E-state index < -0.39 is 6.10 Å². The van der Waals surface area contributed by atoms with Gasteiger partial charge in [-0.15, -0.1) is 0 Å². The molecule has 1 heterocycles. The van der Waals surface area contributed by atoms with Crippen LogP contribution in [0.25, 0.3) is 0 Å². The standard InChI is InChI=1S/C18H35NO2/c1-7-13(4)15(6)14(5)11-17(20)19-10-8-9-16(19)18(21)12(2)3/h12-16,18,21H,7-11H2,1-6H3. The molecule has 0 aromatic carbocycles. The Balaban J connectivity index is 2.62. The second kappa shape index (κ2) is 8.17. The fraction of sp³-hybridized carbons (Fsp3) is 0.944. The van der Waals surface area contributed by atoms with E-state index in [1.165, 1.54) is 0 Å². The topological polar surface area (TPSA) is 40.5 Å². The van der Waals surface area contributed by atoms with E-state index in [1.54, 1.807) is 0 Å². The van der Waals surface area contributed by atoms with Crippen LogP contribution in [0.2, 0.25) is 0 Å². The zero-order chi connectivity index (χ0) is 16.2. The molecule has 1 N–H and O–H groups in total. The summed E-state index contributed by atoms with van der Waals surface area (Å²) in [5.41, 5.74) is 0. The number of hydrogen-bond acceptors (Lipinski definition) is 2. The molecule has 0 radical (unpaired) electrons. The Morgan fingerprint density at radius 1 is 1.19 bits per heavy atom. The van der Waals surface area contributed by atoms with E-state index in [-0.39, 0.29) is 17.9 Å². The van der Waals surface area contributed by atoms with Crippen molar-refractivity contribution in [1.82, 2.24) is 4.90 Å². The van der Waals surface area contributed by atoms with Gasteiger partial charge in [0.1, 0.15) is 0 Å². The van der Waals surface area contributed by atoms with Crippen molar-refractivity contribution in [2.24, 2.45) is 23.7 Å². The lowest BCUT2D eigenvalue weighted by Crippen LogP contribution is -2.45. The smallest absolute Gasteiger partial charge is 0.223 e.